The van der Waals surface area contributed by atoms with Crippen LogP contribution in [0.5, 0.6) is 0 Å². The molecule has 0 atom stereocenters. The highest BCUT2D eigenvalue weighted by Crippen LogP contribution is 2.19. The van der Waals surface area contributed by atoms with E-state index in [2.05, 4.69) is 14.9 Å². The lowest BCUT2D eigenvalue weighted by Crippen LogP contribution is -2.23. The van der Waals surface area contributed by atoms with Crippen LogP contribution in [0.15, 0.2) is 33.9 Å². The van der Waals surface area contributed by atoms with Crippen molar-refractivity contribution in [2.75, 3.05) is 22.7 Å². The second kappa shape index (κ2) is 6.19. The molecule has 2 aromatic heterocycles. The molecular weight excluding hydrogens is 296 g/mol. The average Bonchev–Trinajstić information content (AvgIpc) is 2.96. The maximum absolute atomic E-state index is 12.0. The fraction of sp³-hybridized carbons (Fsp3) is 0.333. The van der Waals surface area contributed by atoms with E-state index in [4.69, 9.17) is 0 Å². The summed E-state index contributed by atoms with van der Waals surface area (Å²) in [5, 5.41) is 9.66. The van der Waals surface area contributed by atoms with Crippen molar-refractivity contribution in [3.05, 3.63) is 29.6 Å². The minimum atomic E-state index is -3.56. The van der Waals surface area contributed by atoms with E-state index in [-0.39, 0.29) is 10.0 Å². The molecule has 108 valence electrons. The molecule has 0 amide bonds. The second-order valence-corrected chi connectivity index (χ2v) is 6.84. The zero-order valence-corrected chi connectivity index (χ0v) is 12.9. The predicted octanol–water partition coefficient (Wildman–Crippen LogP) is 2.19. The Morgan fingerprint density at radius 1 is 1.20 bits per heavy atom. The minimum Gasteiger partial charge on any atom is -0.356 e. The summed E-state index contributed by atoms with van der Waals surface area (Å²) in [6.07, 6.45) is 0. The third-order valence-electron chi connectivity index (χ3n) is 2.74. The van der Waals surface area contributed by atoms with Crippen LogP contribution in [0.2, 0.25) is 0 Å². The molecular formula is C12H16N4O2S2. The molecule has 0 bridgehead atoms. The van der Waals surface area contributed by atoms with Gasteiger partial charge in [0.15, 0.2) is 11.6 Å². The van der Waals surface area contributed by atoms with E-state index in [1.54, 1.807) is 29.6 Å². The maximum atomic E-state index is 12.0. The van der Waals surface area contributed by atoms with E-state index >= 15 is 0 Å². The second-order valence-electron chi connectivity index (χ2n) is 3.99. The summed E-state index contributed by atoms with van der Waals surface area (Å²) in [6, 6.07) is 6.61. The zero-order chi connectivity index (χ0) is 14.6. The van der Waals surface area contributed by atoms with Crippen molar-refractivity contribution in [1.82, 2.24) is 10.2 Å². The summed E-state index contributed by atoms with van der Waals surface area (Å²) < 4.78 is 26.7. The van der Waals surface area contributed by atoms with Gasteiger partial charge in [0, 0.05) is 13.1 Å². The molecule has 0 aliphatic carbocycles. The quantitative estimate of drug-likeness (QED) is 0.885. The number of rotatable bonds is 6. The van der Waals surface area contributed by atoms with Crippen molar-refractivity contribution in [1.29, 1.82) is 0 Å². The first-order valence-corrected chi connectivity index (χ1v) is 8.58. The molecule has 0 spiro atoms. The highest BCUT2D eigenvalue weighted by molar-refractivity contribution is 7.94. The van der Waals surface area contributed by atoms with Crippen molar-refractivity contribution in [3.63, 3.8) is 0 Å². The summed E-state index contributed by atoms with van der Waals surface area (Å²) in [7, 11) is -3.56. The Bertz CT molecular complexity index is 635. The molecule has 0 fully saturated rings. The molecule has 2 aromatic rings. The van der Waals surface area contributed by atoms with E-state index in [9.17, 15) is 8.42 Å². The van der Waals surface area contributed by atoms with Gasteiger partial charge in [-0.3, -0.25) is 4.72 Å². The molecule has 2 rings (SSSR count). The van der Waals surface area contributed by atoms with E-state index < -0.39 is 10.0 Å². The summed E-state index contributed by atoms with van der Waals surface area (Å²) >= 11 is 1.16. The lowest BCUT2D eigenvalue weighted by molar-refractivity contribution is 0.603. The Morgan fingerprint density at radius 3 is 2.45 bits per heavy atom. The smallest absolute Gasteiger partial charge is 0.272 e. The maximum Gasteiger partial charge on any atom is 0.272 e. The van der Waals surface area contributed by atoms with E-state index in [1.807, 2.05) is 18.7 Å². The molecule has 0 aliphatic rings. The molecule has 0 aromatic carbocycles. The van der Waals surface area contributed by atoms with Crippen LogP contribution in [0.1, 0.15) is 13.8 Å². The van der Waals surface area contributed by atoms with Gasteiger partial charge in [0.05, 0.1) is 0 Å². The van der Waals surface area contributed by atoms with E-state index in [0.29, 0.717) is 0 Å². The third kappa shape index (κ3) is 3.26. The number of sulfonamides is 1. The molecule has 0 aliphatic heterocycles. The molecule has 0 saturated heterocycles. The number of nitrogens with zero attached hydrogens (tertiary/aromatic N) is 3. The van der Waals surface area contributed by atoms with Crippen molar-refractivity contribution in [2.45, 2.75) is 18.1 Å². The first-order chi connectivity index (χ1) is 9.56. The predicted molar refractivity (Wildman–Crippen MR) is 80.7 cm³/mol. The van der Waals surface area contributed by atoms with Crippen LogP contribution in [-0.4, -0.2) is 31.7 Å². The van der Waals surface area contributed by atoms with Gasteiger partial charge in [0.25, 0.3) is 10.0 Å². The lowest BCUT2D eigenvalue weighted by Gasteiger charge is -2.18. The Balaban J connectivity index is 2.15. The Hall–Kier alpha value is -1.67. The molecule has 0 unspecified atom stereocenters. The molecule has 0 radical (unpaired) electrons. The van der Waals surface area contributed by atoms with Gasteiger partial charge < -0.3 is 4.90 Å². The normalized spacial score (nSPS) is 11.3. The number of nitrogens with one attached hydrogen (secondary N) is 1. The first-order valence-electron chi connectivity index (χ1n) is 6.21. The number of hydrogen-bond acceptors (Lipinski definition) is 6. The van der Waals surface area contributed by atoms with Gasteiger partial charge in [-0.1, -0.05) is 6.07 Å². The van der Waals surface area contributed by atoms with Crippen LogP contribution in [-0.2, 0) is 10.0 Å². The van der Waals surface area contributed by atoms with Crippen molar-refractivity contribution >= 4 is 33.0 Å². The highest BCUT2D eigenvalue weighted by Gasteiger charge is 2.16. The molecule has 1 N–H and O–H groups in total. The Kier molecular flexibility index (Phi) is 4.56. The van der Waals surface area contributed by atoms with Crippen molar-refractivity contribution < 1.29 is 8.42 Å². The molecule has 0 saturated carbocycles. The average molecular weight is 312 g/mol. The van der Waals surface area contributed by atoms with E-state index in [1.165, 1.54) is 0 Å². The molecule has 2 heterocycles. The van der Waals surface area contributed by atoms with Crippen LogP contribution in [0.4, 0.5) is 11.6 Å². The molecule has 6 nitrogen and oxygen atoms in total. The van der Waals surface area contributed by atoms with Crippen LogP contribution in [0.3, 0.4) is 0 Å². The SMILES string of the molecule is CCN(CC)c1ccc(NS(=O)(=O)c2cccs2)nn1. The monoisotopic (exact) mass is 312 g/mol. The lowest BCUT2D eigenvalue weighted by atomic mass is 10.4. The minimum absolute atomic E-state index is 0.217. The fourth-order valence-electron chi connectivity index (χ4n) is 1.70. The van der Waals surface area contributed by atoms with Gasteiger partial charge in [-0.15, -0.1) is 21.5 Å². The van der Waals surface area contributed by atoms with Gasteiger partial charge in [-0.25, -0.2) is 8.42 Å². The zero-order valence-electron chi connectivity index (χ0n) is 11.3. The topological polar surface area (TPSA) is 75.2 Å². The van der Waals surface area contributed by atoms with Crippen LogP contribution in [0.25, 0.3) is 0 Å². The van der Waals surface area contributed by atoms with Crippen LogP contribution >= 0.6 is 11.3 Å². The Morgan fingerprint density at radius 2 is 1.95 bits per heavy atom. The standard InChI is InChI=1S/C12H16N4O2S2/c1-3-16(4-2)11-8-7-10(13-14-11)15-20(17,18)12-6-5-9-19-12/h5-9H,3-4H2,1-2H3,(H,13,15). The van der Waals surface area contributed by atoms with Gasteiger partial charge in [0.2, 0.25) is 0 Å². The summed E-state index contributed by atoms with van der Waals surface area (Å²) in [5.41, 5.74) is 0. The number of thiophene rings is 1. The third-order valence-corrected chi connectivity index (χ3v) is 5.49. The Labute approximate surface area is 122 Å². The van der Waals surface area contributed by atoms with Crippen molar-refractivity contribution in [3.8, 4) is 0 Å². The van der Waals surface area contributed by atoms with Gasteiger partial charge >= 0.3 is 0 Å². The number of anilines is 2. The fourth-order valence-corrected chi connectivity index (χ4v) is 3.69. The van der Waals surface area contributed by atoms with Gasteiger partial charge in [-0.2, -0.15) is 0 Å². The largest absolute Gasteiger partial charge is 0.356 e. The summed E-state index contributed by atoms with van der Waals surface area (Å²) in [4.78, 5) is 2.03. The van der Waals surface area contributed by atoms with Crippen LogP contribution < -0.4 is 9.62 Å². The first kappa shape index (κ1) is 14.7. The van der Waals surface area contributed by atoms with Crippen molar-refractivity contribution in [2.24, 2.45) is 0 Å². The highest BCUT2D eigenvalue weighted by atomic mass is 32.2. The van der Waals surface area contributed by atoms with Gasteiger partial charge in [0.1, 0.15) is 4.21 Å². The summed E-state index contributed by atoms with van der Waals surface area (Å²) in [5.74, 6) is 0.948. The molecule has 8 heteroatoms. The van der Waals surface area contributed by atoms with Gasteiger partial charge in [-0.05, 0) is 37.4 Å². The number of hydrogen-bond donors (Lipinski definition) is 1. The van der Waals surface area contributed by atoms with E-state index in [0.717, 1.165) is 30.2 Å². The number of aromatic nitrogens is 2. The molecule has 20 heavy (non-hydrogen) atoms. The summed E-state index contributed by atoms with van der Waals surface area (Å²) in [6.45, 7) is 5.70. The van der Waals surface area contributed by atoms with Crippen LogP contribution in [0, 0.1) is 0 Å².